The number of hydrogen-bond acceptors (Lipinski definition) is 11. The van der Waals surface area contributed by atoms with Crippen molar-refractivity contribution in [1.82, 2.24) is 15.2 Å². The van der Waals surface area contributed by atoms with Crippen molar-refractivity contribution in [3.8, 4) is 0 Å². The average molecular weight is 486 g/mol. The van der Waals surface area contributed by atoms with E-state index in [0.717, 1.165) is 24.2 Å². The summed E-state index contributed by atoms with van der Waals surface area (Å²) in [4.78, 5) is 42.9. The summed E-state index contributed by atoms with van der Waals surface area (Å²) in [6.07, 6.45) is 2.02. The zero-order valence-electron chi connectivity index (χ0n) is 16.0. The Labute approximate surface area is 189 Å². The van der Waals surface area contributed by atoms with Crippen LogP contribution in [0.25, 0.3) is 0 Å². The molecule has 0 aromatic carbocycles. The van der Waals surface area contributed by atoms with E-state index in [-0.39, 0.29) is 28.3 Å². The normalized spacial score (nSPS) is 25.9. The molecule has 3 atom stereocenters. The quantitative estimate of drug-likeness (QED) is 0.185. The Bertz CT molecular complexity index is 973. The first-order chi connectivity index (χ1) is 14.9. The van der Waals surface area contributed by atoms with Crippen LogP contribution in [0.3, 0.4) is 0 Å². The second-order valence-electron chi connectivity index (χ2n) is 6.90. The molecule has 2 amide bonds. The number of aromatic nitrogens is 1. The number of hydrogen-bond donors (Lipinski definition) is 4. The number of aliphatic carboxylic acids is 1. The molecule has 0 aliphatic carbocycles. The van der Waals surface area contributed by atoms with E-state index in [0.29, 0.717) is 23.0 Å². The standard InChI is InChI=1S/C17H19N5O6S3/c18-17-19-8(5-31-17)10(21-27)13(23)20-11-14(24)22-12(16(25)26)9(6-30-15(11)22)29-4-7-2-1-3-28-7/h5,7,11,15,27H,1-4,6H2,(H2,18,19)(H,20,23)(H,25,26)/b21-10-. The van der Waals surface area contributed by atoms with Crippen LogP contribution in [0.5, 0.6) is 0 Å². The Hall–Kier alpha value is -2.29. The van der Waals surface area contributed by atoms with Crippen LogP contribution in [0.1, 0.15) is 18.5 Å². The van der Waals surface area contributed by atoms with E-state index in [1.165, 1.54) is 33.8 Å². The molecule has 0 spiro atoms. The fourth-order valence-corrected chi connectivity index (χ4v) is 6.74. The lowest BCUT2D eigenvalue weighted by Gasteiger charge is -2.49. The number of oxime groups is 1. The van der Waals surface area contributed by atoms with Gasteiger partial charge in [-0.3, -0.25) is 14.5 Å². The highest BCUT2D eigenvalue weighted by atomic mass is 32.2. The molecule has 11 nitrogen and oxygen atoms in total. The van der Waals surface area contributed by atoms with Crippen LogP contribution in [0.15, 0.2) is 21.1 Å². The number of nitrogens with one attached hydrogen (secondary N) is 1. The van der Waals surface area contributed by atoms with Gasteiger partial charge in [-0.15, -0.1) is 34.9 Å². The fraction of sp³-hybridized carbons (Fsp3) is 0.471. The zero-order valence-corrected chi connectivity index (χ0v) is 18.5. The molecule has 0 bridgehead atoms. The van der Waals surface area contributed by atoms with Gasteiger partial charge < -0.3 is 26.1 Å². The van der Waals surface area contributed by atoms with Gasteiger partial charge in [0, 0.05) is 28.4 Å². The number of carboxylic acid groups (broad SMARTS) is 1. The number of carboxylic acids is 1. The highest BCUT2D eigenvalue weighted by Gasteiger charge is 2.54. The monoisotopic (exact) mass is 485 g/mol. The first kappa shape index (κ1) is 21.9. The first-order valence-electron chi connectivity index (χ1n) is 9.30. The third-order valence-corrected chi connectivity index (χ3v) is 8.33. The summed E-state index contributed by atoms with van der Waals surface area (Å²) in [6, 6.07) is -0.940. The number of carbonyl (C=O) groups is 3. The van der Waals surface area contributed by atoms with Crippen molar-refractivity contribution in [2.75, 3.05) is 23.8 Å². The topological polar surface area (TPSA) is 167 Å². The lowest BCUT2D eigenvalue weighted by Crippen LogP contribution is -2.71. The molecule has 2 fully saturated rings. The number of fused-ring (bicyclic) bond motifs is 1. The summed E-state index contributed by atoms with van der Waals surface area (Å²) in [5.41, 5.74) is 5.21. The summed E-state index contributed by atoms with van der Waals surface area (Å²) < 4.78 is 5.59. The number of nitrogens with zero attached hydrogens (tertiary/aromatic N) is 3. The van der Waals surface area contributed by atoms with Gasteiger partial charge >= 0.3 is 5.97 Å². The van der Waals surface area contributed by atoms with E-state index in [1.54, 1.807) is 0 Å². The Balaban J connectivity index is 1.45. The molecule has 0 radical (unpaired) electrons. The molecule has 31 heavy (non-hydrogen) atoms. The van der Waals surface area contributed by atoms with Crippen molar-refractivity contribution in [3.05, 3.63) is 21.7 Å². The Morgan fingerprint density at radius 2 is 2.29 bits per heavy atom. The maximum absolute atomic E-state index is 12.7. The Kier molecular flexibility index (Phi) is 6.41. The van der Waals surface area contributed by atoms with Crippen molar-refractivity contribution in [3.63, 3.8) is 0 Å². The number of anilines is 1. The molecule has 1 aromatic rings. The number of β-lactam (4-membered cyclic amide) rings is 1. The van der Waals surface area contributed by atoms with E-state index >= 15 is 0 Å². The van der Waals surface area contributed by atoms with Crippen molar-refractivity contribution in [1.29, 1.82) is 0 Å². The molecular weight excluding hydrogens is 466 g/mol. The van der Waals surface area contributed by atoms with Crippen LogP contribution in [-0.2, 0) is 19.1 Å². The molecule has 4 heterocycles. The molecule has 1 aromatic heterocycles. The number of thiazole rings is 1. The van der Waals surface area contributed by atoms with Gasteiger partial charge in [-0.2, -0.15) is 0 Å². The molecule has 3 aliphatic rings. The fourth-order valence-electron chi connectivity index (χ4n) is 3.49. The van der Waals surface area contributed by atoms with Crippen molar-refractivity contribution < 1.29 is 29.4 Å². The summed E-state index contributed by atoms with van der Waals surface area (Å²) in [6.45, 7) is 0.714. The minimum atomic E-state index is -1.19. The molecule has 14 heteroatoms. The summed E-state index contributed by atoms with van der Waals surface area (Å²) in [7, 11) is 0. The molecule has 3 unspecified atom stereocenters. The van der Waals surface area contributed by atoms with Gasteiger partial charge in [0.25, 0.3) is 11.8 Å². The predicted molar refractivity (Wildman–Crippen MR) is 116 cm³/mol. The second kappa shape index (κ2) is 9.06. The number of ether oxygens (including phenoxy) is 1. The average Bonchev–Trinajstić information content (AvgIpc) is 3.42. The lowest BCUT2D eigenvalue weighted by atomic mass is 10.0. The third kappa shape index (κ3) is 4.24. The lowest BCUT2D eigenvalue weighted by molar-refractivity contribution is -0.150. The zero-order chi connectivity index (χ0) is 22.1. The second-order valence-corrected chi connectivity index (χ2v) is 10.0. The van der Waals surface area contributed by atoms with Crippen molar-refractivity contribution in [2.45, 2.75) is 30.4 Å². The predicted octanol–water partition coefficient (Wildman–Crippen LogP) is 0.512. The van der Waals surface area contributed by atoms with E-state index < -0.39 is 29.2 Å². The molecule has 0 saturated carbocycles. The summed E-state index contributed by atoms with van der Waals surface area (Å²) in [5.74, 6) is -1.48. The van der Waals surface area contributed by atoms with Gasteiger partial charge in [-0.1, -0.05) is 5.16 Å². The van der Waals surface area contributed by atoms with Gasteiger partial charge in [0.1, 0.15) is 22.8 Å². The SMILES string of the molecule is Nc1nc(/C(=N/O)C(=O)NC2C(=O)N3C(C(=O)O)=C(SCC4CCCO4)CSC23)cs1. The number of carbonyl (C=O) groups excluding carboxylic acids is 2. The summed E-state index contributed by atoms with van der Waals surface area (Å²) >= 11 is 3.84. The molecule has 5 N–H and O–H groups in total. The first-order valence-corrected chi connectivity index (χ1v) is 12.2. The van der Waals surface area contributed by atoms with E-state index in [2.05, 4.69) is 15.5 Å². The molecule has 3 aliphatic heterocycles. The van der Waals surface area contributed by atoms with Gasteiger partial charge in [-0.25, -0.2) is 9.78 Å². The molecule has 2 saturated heterocycles. The maximum Gasteiger partial charge on any atom is 0.353 e. The maximum atomic E-state index is 12.7. The van der Waals surface area contributed by atoms with Gasteiger partial charge in [0.05, 0.1) is 6.10 Å². The highest BCUT2D eigenvalue weighted by molar-refractivity contribution is 8.06. The number of thioether (sulfide) groups is 2. The largest absolute Gasteiger partial charge is 0.477 e. The smallest absolute Gasteiger partial charge is 0.353 e. The van der Waals surface area contributed by atoms with Gasteiger partial charge in [0.15, 0.2) is 10.8 Å². The van der Waals surface area contributed by atoms with Crippen LogP contribution >= 0.6 is 34.9 Å². The Morgan fingerprint density at radius 3 is 2.90 bits per heavy atom. The highest BCUT2D eigenvalue weighted by Crippen LogP contribution is 2.43. The van der Waals surface area contributed by atoms with Gasteiger partial charge in [-0.05, 0) is 12.8 Å². The van der Waals surface area contributed by atoms with Crippen LogP contribution in [0.2, 0.25) is 0 Å². The molecular formula is C17H19N5O6S3. The van der Waals surface area contributed by atoms with Crippen LogP contribution < -0.4 is 11.1 Å². The van der Waals surface area contributed by atoms with Crippen LogP contribution in [0.4, 0.5) is 5.13 Å². The van der Waals surface area contributed by atoms with Crippen LogP contribution in [0, 0.1) is 0 Å². The molecule has 166 valence electrons. The summed E-state index contributed by atoms with van der Waals surface area (Å²) in [5, 5.41) is 25.5. The number of nitrogens with two attached hydrogens (primary N) is 1. The van der Waals surface area contributed by atoms with E-state index in [9.17, 15) is 24.7 Å². The number of rotatable bonds is 7. The van der Waals surface area contributed by atoms with Crippen molar-refractivity contribution in [2.24, 2.45) is 5.16 Å². The van der Waals surface area contributed by atoms with E-state index in [1.807, 2.05) is 0 Å². The Morgan fingerprint density at radius 1 is 1.48 bits per heavy atom. The van der Waals surface area contributed by atoms with Crippen LogP contribution in [-0.4, -0.2) is 79.3 Å². The number of nitrogen functional groups attached to an aromatic ring is 1. The number of amides is 2. The molecule has 4 rings (SSSR count). The van der Waals surface area contributed by atoms with E-state index in [4.69, 9.17) is 10.5 Å². The third-order valence-electron chi connectivity index (χ3n) is 4.97. The minimum absolute atomic E-state index is 0.0504. The van der Waals surface area contributed by atoms with Gasteiger partial charge in [0.2, 0.25) is 0 Å². The van der Waals surface area contributed by atoms with Crippen molar-refractivity contribution >= 4 is 63.5 Å². The minimum Gasteiger partial charge on any atom is -0.477 e.